The Morgan fingerprint density at radius 3 is 2.48 bits per heavy atom. The number of fused-ring (bicyclic) bond motifs is 3. The summed E-state index contributed by atoms with van der Waals surface area (Å²) in [7, 11) is 1.62. The summed E-state index contributed by atoms with van der Waals surface area (Å²) >= 11 is 0. The molecule has 1 saturated carbocycles. The molecule has 1 aromatic rings. The van der Waals surface area contributed by atoms with Crippen LogP contribution in [0.4, 0.5) is 10.7 Å². The van der Waals surface area contributed by atoms with Gasteiger partial charge in [-0.3, -0.25) is 19.4 Å². The van der Waals surface area contributed by atoms with Crippen molar-refractivity contribution in [1.29, 1.82) is 0 Å². The molecular formula is C19H26N5O3+. The van der Waals surface area contributed by atoms with Crippen LogP contribution in [0.5, 0.6) is 0 Å². The summed E-state index contributed by atoms with van der Waals surface area (Å²) in [6.45, 7) is 5.24. The van der Waals surface area contributed by atoms with E-state index in [0.717, 1.165) is 35.1 Å². The van der Waals surface area contributed by atoms with E-state index in [0.29, 0.717) is 11.9 Å². The highest BCUT2D eigenvalue weighted by molar-refractivity contribution is 6.19. The second kappa shape index (κ2) is 6.28. The zero-order chi connectivity index (χ0) is 19.5. The fraction of sp³-hybridized carbons (Fsp3) is 0.632. The standard InChI is InChI=1S/C19H26N5O3/c1-11(25)10-22-17(26)15-16(21(4)19(22)27)20-18-23(12(2)13(3)24(15)18)14-8-6-5-7-9-14/h14-15H,5-10H2,1-4H3/q+1. The van der Waals surface area contributed by atoms with E-state index in [9.17, 15) is 14.4 Å². The molecule has 4 rings (SSSR count). The van der Waals surface area contributed by atoms with E-state index in [1.54, 1.807) is 7.05 Å². The topological polar surface area (TPSA) is 78.9 Å². The Labute approximate surface area is 158 Å². The van der Waals surface area contributed by atoms with Gasteiger partial charge in [-0.25, -0.2) is 13.9 Å². The van der Waals surface area contributed by atoms with Gasteiger partial charge in [-0.1, -0.05) is 11.4 Å². The minimum Gasteiger partial charge on any atom is -0.298 e. The van der Waals surface area contributed by atoms with Crippen molar-refractivity contribution in [2.24, 2.45) is 4.99 Å². The van der Waals surface area contributed by atoms with Crippen LogP contribution in [0.25, 0.3) is 0 Å². The van der Waals surface area contributed by atoms with Crippen molar-refractivity contribution in [3.05, 3.63) is 11.4 Å². The minimum absolute atomic E-state index is 0.205. The number of carbonyl (C=O) groups is 3. The van der Waals surface area contributed by atoms with E-state index >= 15 is 0 Å². The number of amidine groups is 1. The van der Waals surface area contributed by atoms with Gasteiger partial charge in [0, 0.05) is 7.05 Å². The first-order chi connectivity index (χ1) is 12.8. The second-order valence-electron chi connectivity index (χ2n) is 7.84. The quantitative estimate of drug-likeness (QED) is 0.761. The van der Waals surface area contributed by atoms with Crippen LogP contribution in [0.3, 0.4) is 0 Å². The molecule has 1 saturated heterocycles. The van der Waals surface area contributed by atoms with Crippen LogP contribution < -0.4 is 4.57 Å². The Kier molecular flexibility index (Phi) is 4.16. The van der Waals surface area contributed by atoms with Gasteiger partial charge in [-0.2, -0.15) is 0 Å². The van der Waals surface area contributed by atoms with Gasteiger partial charge >= 0.3 is 12.0 Å². The Hall–Kier alpha value is -2.51. The highest BCUT2D eigenvalue weighted by atomic mass is 16.2. The van der Waals surface area contributed by atoms with E-state index in [2.05, 4.69) is 11.5 Å². The largest absolute Gasteiger partial charge is 0.402 e. The van der Waals surface area contributed by atoms with E-state index in [-0.39, 0.29) is 18.2 Å². The Balaban J connectivity index is 1.82. The minimum atomic E-state index is -0.675. The van der Waals surface area contributed by atoms with Gasteiger partial charge in [0.1, 0.15) is 17.2 Å². The third kappa shape index (κ3) is 2.53. The molecule has 1 aliphatic carbocycles. The first-order valence-corrected chi connectivity index (χ1v) is 9.63. The summed E-state index contributed by atoms with van der Waals surface area (Å²) in [6.07, 6.45) is 5.88. The molecule has 1 unspecified atom stereocenters. The molecule has 0 bridgehead atoms. The molecule has 8 heteroatoms. The smallest absolute Gasteiger partial charge is 0.298 e. The van der Waals surface area contributed by atoms with Crippen molar-refractivity contribution in [3.63, 3.8) is 0 Å². The van der Waals surface area contributed by atoms with Gasteiger partial charge in [0.25, 0.3) is 5.91 Å². The van der Waals surface area contributed by atoms with Gasteiger partial charge in [-0.05, 0) is 46.5 Å². The number of carbonyl (C=O) groups excluding carboxylic acids is 3. The van der Waals surface area contributed by atoms with Crippen molar-refractivity contribution in [2.75, 3.05) is 13.6 Å². The average Bonchev–Trinajstić information content (AvgIpc) is 3.14. The summed E-state index contributed by atoms with van der Waals surface area (Å²) in [5.41, 5.74) is 2.10. The third-order valence-electron chi connectivity index (χ3n) is 6.08. The predicted molar refractivity (Wildman–Crippen MR) is 97.9 cm³/mol. The maximum absolute atomic E-state index is 13.1. The second-order valence-corrected chi connectivity index (χ2v) is 7.84. The van der Waals surface area contributed by atoms with Crippen LogP contribution in [0.1, 0.15) is 62.5 Å². The molecule has 0 N–H and O–H groups in total. The highest BCUT2D eigenvalue weighted by Gasteiger charge is 2.54. The number of likely N-dealkylation sites (N-methyl/N-ethyl adjacent to an activating group) is 1. The number of amides is 3. The van der Waals surface area contributed by atoms with Crippen LogP contribution in [-0.2, 0) is 9.59 Å². The number of aliphatic imine (C=N–C) groups is 1. The number of nitrogens with zero attached hydrogens (tertiary/aromatic N) is 5. The third-order valence-corrected chi connectivity index (χ3v) is 6.08. The van der Waals surface area contributed by atoms with E-state index in [4.69, 9.17) is 4.99 Å². The number of Topliss-reactive ketones (excluding diaryl/α,β-unsaturated/α-hetero) is 1. The van der Waals surface area contributed by atoms with E-state index < -0.39 is 12.1 Å². The SMILES string of the molecule is CC(=O)CN1C(=O)C2C(=Nc3n(C4CCCCC4)c(C)c(C)[n+]32)N(C)C1=O. The number of imide groups is 1. The predicted octanol–water partition coefficient (Wildman–Crippen LogP) is 1.97. The monoisotopic (exact) mass is 372 g/mol. The maximum atomic E-state index is 13.1. The van der Waals surface area contributed by atoms with Crippen molar-refractivity contribution in [2.45, 2.75) is 65.0 Å². The van der Waals surface area contributed by atoms with Gasteiger partial charge in [0.15, 0.2) is 0 Å². The number of aromatic nitrogens is 2. The lowest BCUT2D eigenvalue weighted by Gasteiger charge is -2.32. The molecule has 2 fully saturated rings. The summed E-state index contributed by atoms with van der Waals surface area (Å²) < 4.78 is 4.19. The molecular weight excluding hydrogens is 346 g/mol. The lowest BCUT2D eigenvalue weighted by molar-refractivity contribution is -0.683. The lowest BCUT2D eigenvalue weighted by Crippen LogP contribution is -2.63. The Morgan fingerprint density at radius 1 is 1.19 bits per heavy atom. The fourth-order valence-corrected chi connectivity index (χ4v) is 4.61. The van der Waals surface area contributed by atoms with Crippen LogP contribution in [0.2, 0.25) is 0 Å². The number of rotatable bonds is 3. The summed E-state index contributed by atoms with van der Waals surface area (Å²) in [5.74, 6) is 0.600. The molecule has 0 spiro atoms. The molecule has 3 heterocycles. The van der Waals surface area contributed by atoms with Gasteiger partial charge in [0.05, 0.1) is 12.6 Å². The highest BCUT2D eigenvalue weighted by Crippen LogP contribution is 2.37. The molecule has 0 radical (unpaired) electrons. The van der Waals surface area contributed by atoms with Crippen LogP contribution in [-0.4, -0.2) is 51.5 Å². The normalized spacial score (nSPS) is 22.8. The number of ketones is 1. The Morgan fingerprint density at radius 2 is 1.85 bits per heavy atom. The lowest BCUT2D eigenvalue weighted by atomic mass is 9.95. The summed E-state index contributed by atoms with van der Waals surface area (Å²) in [6, 6.07) is -0.789. The number of hydrogen-bond acceptors (Lipinski definition) is 4. The molecule has 2 aliphatic heterocycles. The van der Waals surface area contributed by atoms with E-state index in [1.165, 1.54) is 31.1 Å². The number of imidazole rings is 1. The van der Waals surface area contributed by atoms with Crippen LogP contribution >= 0.6 is 0 Å². The molecule has 1 aromatic heterocycles. The van der Waals surface area contributed by atoms with Crippen molar-refractivity contribution in [3.8, 4) is 0 Å². The molecule has 27 heavy (non-hydrogen) atoms. The first kappa shape index (κ1) is 17.9. The molecule has 3 amide bonds. The molecule has 0 aromatic carbocycles. The van der Waals surface area contributed by atoms with Crippen LogP contribution in [0, 0.1) is 13.8 Å². The zero-order valence-corrected chi connectivity index (χ0v) is 16.4. The zero-order valence-electron chi connectivity index (χ0n) is 16.4. The summed E-state index contributed by atoms with van der Waals surface area (Å²) in [5, 5.41) is 0. The Bertz CT molecular complexity index is 878. The average molecular weight is 372 g/mol. The van der Waals surface area contributed by atoms with Crippen molar-refractivity contribution in [1.82, 2.24) is 14.4 Å². The molecule has 8 nitrogen and oxygen atoms in total. The van der Waals surface area contributed by atoms with Crippen molar-refractivity contribution >= 4 is 29.5 Å². The number of urea groups is 1. The fourth-order valence-electron chi connectivity index (χ4n) is 4.61. The van der Waals surface area contributed by atoms with E-state index in [1.807, 2.05) is 11.5 Å². The van der Waals surface area contributed by atoms with Gasteiger partial charge < -0.3 is 0 Å². The molecule has 3 aliphatic rings. The molecule has 144 valence electrons. The van der Waals surface area contributed by atoms with Crippen LogP contribution in [0.15, 0.2) is 4.99 Å². The molecule has 1 atom stereocenters. The van der Waals surface area contributed by atoms with Crippen molar-refractivity contribution < 1.29 is 19.0 Å². The maximum Gasteiger partial charge on any atom is 0.402 e. The first-order valence-electron chi connectivity index (χ1n) is 9.63. The summed E-state index contributed by atoms with van der Waals surface area (Å²) in [4.78, 5) is 44.5. The van der Waals surface area contributed by atoms with Gasteiger partial charge in [0.2, 0.25) is 11.9 Å². The number of hydrogen-bond donors (Lipinski definition) is 0. The van der Waals surface area contributed by atoms with Gasteiger partial charge in [-0.15, -0.1) is 0 Å².